The van der Waals surface area contributed by atoms with Crippen molar-refractivity contribution in [1.29, 1.82) is 0 Å². The maximum atomic E-state index is 12.8. The number of nitrogens with zero attached hydrogens (tertiary/aromatic N) is 1. The molecule has 0 aromatic heterocycles. The molecular formula is C17H17Cl2NO3. The number of carbonyl (C=O) groups excluding carboxylic acids is 2. The van der Waals surface area contributed by atoms with Gasteiger partial charge in [0.1, 0.15) is 0 Å². The van der Waals surface area contributed by atoms with Crippen LogP contribution >= 0.6 is 23.2 Å². The Kier molecular flexibility index (Phi) is 4.64. The van der Waals surface area contributed by atoms with Crippen LogP contribution in [0.15, 0.2) is 24.0 Å². The molecule has 0 unspecified atom stereocenters. The summed E-state index contributed by atoms with van der Waals surface area (Å²) in [6.45, 7) is 0. The zero-order chi connectivity index (χ0) is 16.6. The lowest BCUT2D eigenvalue weighted by Gasteiger charge is -2.25. The highest BCUT2D eigenvalue weighted by Crippen LogP contribution is 2.36. The van der Waals surface area contributed by atoms with Crippen LogP contribution in [0.1, 0.15) is 44.1 Å². The molecule has 1 fully saturated rings. The molecule has 2 aliphatic rings. The lowest BCUT2D eigenvalue weighted by molar-refractivity contribution is -0.141. The van der Waals surface area contributed by atoms with Crippen LogP contribution in [0.2, 0.25) is 10.0 Å². The van der Waals surface area contributed by atoms with Gasteiger partial charge in [0, 0.05) is 16.6 Å². The Morgan fingerprint density at radius 2 is 1.65 bits per heavy atom. The van der Waals surface area contributed by atoms with Crippen LogP contribution < -0.4 is 0 Å². The molecule has 0 bridgehead atoms. The van der Waals surface area contributed by atoms with Gasteiger partial charge in [-0.3, -0.25) is 14.5 Å². The molecular weight excluding hydrogens is 337 g/mol. The van der Waals surface area contributed by atoms with Crippen LogP contribution in [0.3, 0.4) is 0 Å². The van der Waals surface area contributed by atoms with Gasteiger partial charge in [-0.15, -0.1) is 0 Å². The van der Waals surface area contributed by atoms with E-state index in [2.05, 4.69) is 0 Å². The molecule has 0 atom stereocenters. The van der Waals surface area contributed by atoms with E-state index in [4.69, 9.17) is 23.2 Å². The molecule has 1 heterocycles. The van der Waals surface area contributed by atoms with Gasteiger partial charge in [0.15, 0.2) is 5.76 Å². The van der Waals surface area contributed by atoms with Crippen LogP contribution in [0, 0.1) is 0 Å². The van der Waals surface area contributed by atoms with E-state index in [-0.39, 0.29) is 16.6 Å². The van der Waals surface area contributed by atoms with Crippen molar-refractivity contribution >= 4 is 40.6 Å². The van der Waals surface area contributed by atoms with Crippen molar-refractivity contribution < 1.29 is 14.7 Å². The minimum Gasteiger partial charge on any atom is -0.502 e. The monoisotopic (exact) mass is 353 g/mol. The highest BCUT2D eigenvalue weighted by atomic mass is 35.5. The van der Waals surface area contributed by atoms with E-state index < -0.39 is 17.6 Å². The lowest BCUT2D eigenvalue weighted by atomic mass is 10.0. The topological polar surface area (TPSA) is 57.6 Å². The van der Waals surface area contributed by atoms with Crippen molar-refractivity contribution in [1.82, 2.24) is 4.90 Å². The zero-order valence-corrected chi connectivity index (χ0v) is 14.0. The van der Waals surface area contributed by atoms with Gasteiger partial charge in [0.25, 0.3) is 11.8 Å². The first-order chi connectivity index (χ1) is 11.0. The number of aliphatic hydroxyl groups is 1. The van der Waals surface area contributed by atoms with E-state index in [9.17, 15) is 14.7 Å². The summed E-state index contributed by atoms with van der Waals surface area (Å²) in [7, 11) is 0. The molecule has 122 valence electrons. The van der Waals surface area contributed by atoms with Gasteiger partial charge in [-0.2, -0.15) is 0 Å². The zero-order valence-electron chi connectivity index (χ0n) is 12.5. The van der Waals surface area contributed by atoms with Crippen LogP contribution in [-0.4, -0.2) is 27.9 Å². The molecule has 1 aromatic rings. The van der Waals surface area contributed by atoms with Crippen molar-refractivity contribution in [2.24, 2.45) is 0 Å². The summed E-state index contributed by atoms with van der Waals surface area (Å²) in [4.78, 5) is 26.4. The smallest absolute Gasteiger partial charge is 0.296 e. The molecule has 1 saturated carbocycles. The highest BCUT2D eigenvalue weighted by Gasteiger charge is 2.43. The molecule has 6 heteroatoms. The Balaban J connectivity index is 1.96. The maximum Gasteiger partial charge on any atom is 0.296 e. The van der Waals surface area contributed by atoms with E-state index >= 15 is 0 Å². The first-order valence-electron chi connectivity index (χ1n) is 7.77. The Labute approximate surface area is 144 Å². The molecule has 0 spiro atoms. The van der Waals surface area contributed by atoms with E-state index in [1.54, 1.807) is 12.1 Å². The minimum absolute atomic E-state index is 0.0269. The quantitative estimate of drug-likeness (QED) is 0.634. The SMILES string of the molecule is O=C1C(O)=C(c2ccc(Cl)cc2Cl)C(=O)N1C1CCCCCC1. The van der Waals surface area contributed by atoms with Gasteiger partial charge < -0.3 is 5.11 Å². The molecule has 0 saturated heterocycles. The Morgan fingerprint density at radius 3 is 2.26 bits per heavy atom. The number of benzene rings is 1. The van der Waals surface area contributed by atoms with E-state index in [0.717, 1.165) is 38.5 Å². The van der Waals surface area contributed by atoms with Gasteiger partial charge in [-0.25, -0.2) is 0 Å². The summed E-state index contributed by atoms with van der Waals surface area (Å²) in [5, 5.41) is 10.9. The fraction of sp³-hybridized carbons (Fsp3) is 0.412. The van der Waals surface area contributed by atoms with Gasteiger partial charge >= 0.3 is 0 Å². The van der Waals surface area contributed by atoms with Gasteiger partial charge in [0.05, 0.1) is 10.6 Å². The first kappa shape index (κ1) is 16.3. The van der Waals surface area contributed by atoms with Gasteiger partial charge in [0.2, 0.25) is 0 Å². The van der Waals surface area contributed by atoms with Crippen LogP contribution in [0.5, 0.6) is 0 Å². The van der Waals surface area contributed by atoms with E-state index in [1.165, 1.54) is 11.0 Å². The summed E-state index contributed by atoms with van der Waals surface area (Å²) in [6.07, 6.45) is 5.77. The molecule has 2 amide bonds. The number of amides is 2. The van der Waals surface area contributed by atoms with E-state index in [0.29, 0.717) is 10.6 Å². The maximum absolute atomic E-state index is 12.8. The third-order valence-electron chi connectivity index (χ3n) is 4.48. The normalized spacial score (nSPS) is 20.3. The third kappa shape index (κ3) is 2.98. The first-order valence-corrected chi connectivity index (χ1v) is 8.53. The second-order valence-electron chi connectivity index (χ2n) is 5.97. The standard InChI is InChI=1S/C17H17Cl2NO3/c18-10-7-8-12(13(19)9-10)14-15(21)17(23)20(16(14)22)11-5-3-1-2-4-6-11/h7-9,11,21H,1-6H2. The van der Waals surface area contributed by atoms with Crippen molar-refractivity contribution in [3.8, 4) is 0 Å². The van der Waals surface area contributed by atoms with Crippen molar-refractivity contribution in [2.75, 3.05) is 0 Å². The molecule has 0 radical (unpaired) electrons. The molecule has 1 aliphatic heterocycles. The van der Waals surface area contributed by atoms with Gasteiger partial charge in [-0.1, -0.05) is 55.0 Å². The summed E-state index contributed by atoms with van der Waals surface area (Å²) < 4.78 is 0. The second kappa shape index (κ2) is 6.54. The van der Waals surface area contributed by atoms with E-state index in [1.807, 2.05) is 0 Å². The fourth-order valence-electron chi connectivity index (χ4n) is 3.32. The Bertz CT molecular complexity index is 691. The molecule has 3 rings (SSSR count). The molecule has 23 heavy (non-hydrogen) atoms. The predicted octanol–water partition coefficient (Wildman–Crippen LogP) is 4.35. The summed E-state index contributed by atoms with van der Waals surface area (Å²) in [6, 6.07) is 4.47. The van der Waals surface area contributed by atoms with Crippen molar-refractivity contribution in [3.05, 3.63) is 39.6 Å². The second-order valence-corrected chi connectivity index (χ2v) is 6.82. The number of carbonyl (C=O) groups is 2. The molecule has 1 N–H and O–H groups in total. The largest absolute Gasteiger partial charge is 0.502 e. The van der Waals surface area contributed by atoms with Crippen molar-refractivity contribution in [3.63, 3.8) is 0 Å². The molecule has 1 aliphatic carbocycles. The predicted molar refractivity (Wildman–Crippen MR) is 89.4 cm³/mol. The number of halogens is 2. The average molecular weight is 354 g/mol. The summed E-state index contributed by atoms with van der Waals surface area (Å²) in [5.74, 6) is -1.62. The summed E-state index contributed by atoms with van der Waals surface area (Å²) in [5.41, 5.74) is 0.309. The number of hydrogen-bond donors (Lipinski definition) is 1. The van der Waals surface area contributed by atoms with Crippen LogP contribution in [-0.2, 0) is 9.59 Å². The number of rotatable bonds is 2. The van der Waals surface area contributed by atoms with Crippen molar-refractivity contribution in [2.45, 2.75) is 44.6 Å². The number of imide groups is 1. The van der Waals surface area contributed by atoms with Crippen LogP contribution in [0.25, 0.3) is 5.57 Å². The third-order valence-corrected chi connectivity index (χ3v) is 5.03. The lowest BCUT2D eigenvalue weighted by Crippen LogP contribution is -2.40. The fourth-order valence-corrected chi connectivity index (χ4v) is 3.82. The van der Waals surface area contributed by atoms with Crippen LogP contribution in [0.4, 0.5) is 0 Å². The summed E-state index contributed by atoms with van der Waals surface area (Å²) >= 11 is 12.0. The Hall–Kier alpha value is -1.52. The average Bonchev–Trinajstić information content (AvgIpc) is 2.71. The minimum atomic E-state index is -0.622. The highest BCUT2D eigenvalue weighted by molar-refractivity contribution is 6.41. The molecule has 4 nitrogen and oxygen atoms in total. The Morgan fingerprint density at radius 1 is 1.00 bits per heavy atom. The molecule has 1 aromatic carbocycles. The number of hydrogen-bond acceptors (Lipinski definition) is 3. The van der Waals surface area contributed by atoms with Gasteiger partial charge in [-0.05, 0) is 25.0 Å². The number of aliphatic hydroxyl groups excluding tert-OH is 1.